The Morgan fingerprint density at radius 3 is 2.60 bits per heavy atom. The molecule has 8 heteroatoms. The Labute approximate surface area is 173 Å². The summed E-state index contributed by atoms with van der Waals surface area (Å²) in [6.45, 7) is 0.0451. The predicted molar refractivity (Wildman–Crippen MR) is 112 cm³/mol. The van der Waals surface area contributed by atoms with E-state index in [1.807, 2.05) is 30.3 Å². The Morgan fingerprint density at radius 1 is 0.933 bits per heavy atom. The summed E-state index contributed by atoms with van der Waals surface area (Å²) in [5.41, 5.74) is 1.19. The second-order valence-corrected chi connectivity index (χ2v) is 8.50. The van der Waals surface area contributed by atoms with Crippen LogP contribution in [0.1, 0.15) is 17.9 Å². The van der Waals surface area contributed by atoms with E-state index in [0.29, 0.717) is 17.9 Å². The van der Waals surface area contributed by atoms with Crippen LogP contribution in [0.15, 0.2) is 86.7 Å². The van der Waals surface area contributed by atoms with Gasteiger partial charge in [-0.1, -0.05) is 24.3 Å². The number of hydrogen-bond acceptors (Lipinski definition) is 5. The lowest BCUT2D eigenvalue weighted by Gasteiger charge is -2.09. The minimum Gasteiger partial charge on any atom is -0.468 e. The third-order valence-electron chi connectivity index (χ3n) is 4.52. The van der Waals surface area contributed by atoms with Crippen molar-refractivity contribution in [3.8, 4) is 0 Å². The van der Waals surface area contributed by atoms with Crippen molar-refractivity contribution in [2.45, 2.75) is 24.3 Å². The van der Waals surface area contributed by atoms with E-state index in [-0.39, 0.29) is 23.8 Å². The number of sulfonamides is 1. The molecule has 0 unspecified atom stereocenters. The summed E-state index contributed by atoms with van der Waals surface area (Å²) in [5, 5.41) is 3.73. The number of benzene rings is 2. The minimum atomic E-state index is -3.74. The number of anilines is 1. The molecule has 0 fully saturated rings. The van der Waals surface area contributed by atoms with E-state index in [0.717, 1.165) is 16.7 Å². The number of aryl methyl sites for hydroxylation is 1. The van der Waals surface area contributed by atoms with Crippen molar-refractivity contribution in [1.82, 2.24) is 4.72 Å². The van der Waals surface area contributed by atoms with Gasteiger partial charge < -0.3 is 14.2 Å². The zero-order chi connectivity index (χ0) is 21.0. The Morgan fingerprint density at radius 2 is 1.80 bits per heavy atom. The molecule has 4 rings (SSSR count). The molecule has 2 heterocycles. The van der Waals surface area contributed by atoms with Gasteiger partial charge in [0, 0.05) is 23.9 Å². The lowest BCUT2D eigenvalue weighted by Crippen LogP contribution is -2.23. The van der Waals surface area contributed by atoms with Gasteiger partial charge in [0.1, 0.15) is 17.1 Å². The number of furan rings is 2. The Hall–Kier alpha value is -3.36. The van der Waals surface area contributed by atoms with Crippen molar-refractivity contribution >= 4 is 32.6 Å². The first kappa shape index (κ1) is 19.9. The van der Waals surface area contributed by atoms with Gasteiger partial charge in [0.2, 0.25) is 15.9 Å². The molecule has 2 aromatic heterocycles. The maximum atomic E-state index is 12.5. The van der Waals surface area contributed by atoms with Gasteiger partial charge in [0.15, 0.2) is 0 Å². The lowest BCUT2D eigenvalue weighted by atomic mass is 10.2. The first-order valence-electron chi connectivity index (χ1n) is 9.39. The lowest BCUT2D eigenvalue weighted by molar-refractivity contribution is -0.116. The normalized spacial score (nSPS) is 11.6. The van der Waals surface area contributed by atoms with Gasteiger partial charge in [-0.25, -0.2) is 13.1 Å². The second-order valence-electron chi connectivity index (χ2n) is 6.73. The van der Waals surface area contributed by atoms with Crippen molar-refractivity contribution in [1.29, 1.82) is 0 Å². The molecule has 0 aliphatic carbocycles. The molecular weight excluding hydrogens is 404 g/mol. The van der Waals surface area contributed by atoms with Crippen molar-refractivity contribution < 1.29 is 22.0 Å². The summed E-state index contributed by atoms with van der Waals surface area (Å²) >= 11 is 0. The fraction of sp³-hybridized carbons (Fsp3) is 0.136. The number of carbonyl (C=O) groups excluding carboxylic acids is 1. The summed E-state index contributed by atoms with van der Waals surface area (Å²) in [5.74, 6) is 1.01. The monoisotopic (exact) mass is 424 g/mol. The van der Waals surface area contributed by atoms with Crippen molar-refractivity contribution in [2.75, 3.05) is 5.32 Å². The van der Waals surface area contributed by atoms with E-state index in [9.17, 15) is 13.2 Å². The number of fused-ring (bicyclic) bond motifs is 1. The molecule has 1 amide bonds. The Balaban J connectivity index is 1.36. The summed E-state index contributed by atoms with van der Waals surface area (Å²) < 4.78 is 38.3. The third kappa shape index (κ3) is 4.79. The molecule has 7 nitrogen and oxygen atoms in total. The molecule has 0 bridgehead atoms. The number of carbonyl (C=O) groups is 1. The van der Waals surface area contributed by atoms with E-state index in [2.05, 4.69) is 10.0 Å². The fourth-order valence-electron chi connectivity index (χ4n) is 3.02. The van der Waals surface area contributed by atoms with E-state index in [1.165, 1.54) is 18.4 Å². The van der Waals surface area contributed by atoms with E-state index >= 15 is 0 Å². The average Bonchev–Trinajstić information content (AvgIpc) is 3.40. The quantitative estimate of drug-likeness (QED) is 0.444. The van der Waals surface area contributed by atoms with Crippen molar-refractivity contribution in [3.63, 3.8) is 0 Å². The molecule has 4 aromatic rings. The highest BCUT2D eigenvalue weighted by atomic mass is 32.2. The SMILES string of the molecule is O=C(CCc1cc2ccccc2o1)Nc1cccc(S(=O)(=O)NCc2ccco2)c1. The van der Waals surface area contributed by atoms with Crippen LogP contribution in [0.3, 0.4) is 0 Å². The maximum Gasteiger partial charge on any atom is 0.241 e. The Kier molecular flexibility index (Phi) is 5.69. The molecule has 0 aliphatic rings. The highest BCUT2D eigenvalue weighted by Gasteiger charge is 2.15. The minimum absolute atomic E-state index is 0.0451. The molecule has 0 spiro atoms. The summed E-state index contributed by atoms with van der Waals surface area (Å²) in [4.78, 5) is 12.4. The van der Waals surface area contributed by atoms with Crippen LogP contribution >= 0.6 is 0 Å². The van der Waals surface area contributed by atoms with Gasteiger partial charge in [-0.15, -0.1) is 0 Å². The van der Waals surface area contributed by atoms with Gasteiger partial charge in [-0.3, -0.25) is 4.79 Å². The first-order valence-corrected chi connectivity index (χ1v) is 10.9. The van der Waals surface area contributed by atoms with Crippen LogP contribution in [0.5, 0.6) is 0 Å². The van der Waals surface area contributed by atoms with Crippen LogP contribution in [0.2, 0.25) is 0 Å². The largest absolute Gasteiger partial charge is 0.468 e. The topological polar surface area (TPSA) is 102 Å². The molecule has 154 valence electrons. The van der Waals surface area contributed by atoms with Gasteiger partial charge in [0.05, 0.1) is 17.7 Å². The molecule has 2 aromatic carbocycles. The zero-order valence-corrected chi connectivity index (χ0v) is 16.8. The number of amides is 1. The van der Waals surface area contributed by atoms with Crippen LogP contribution in [0.25, 0.3) is 11.0 Å². The fourth-order valence-corrected chi connectivity index (χ4v) is 4.06. The van der Waals surface area contributed by atoms with Crippen LogP contribution in [-0.4, -0.2) is 14.3 Å². The molecule has 0 atom stereocenters. The van der Waals surface area contributed by atoms with Gasteiger partial charge >= 0.3 is 0 Å². The molecule has 0 radical (unpaired) electrons. The molecule has 30 heavy (non-hydrogen) atoms. The Bertz CT molecular complexity index is 1230. The van der Waals surface area contributed by atoms with Crippen LogP contribution in [0, 0.1) is 0 Å². The van der Waals surface area contributed by atoms with Crippen LogP contribution in [0.4, 0.5) is 5.69 Å². The predicted octanol–water partition coefficient (Wildman–Crippen LogP) is 4.08. The standard InChI is InChI=1S/C22H20N2O5S/c25-22(11-10-18-13-16-5-1-2-9-21(16)29-18)24-17-6-3-8-20(14-17)30(26,27)23-15-19-7-4-12-28-19/h1-9,12-14,23H,10-11,15H2,(H,24,25). The number of hydrogen-bond donors (Lipinski definition) is 2. The average molecular weight is 424 g/mol. The van der Waals surface area contributed by atoms with Crippen LogP contribution < -0.4 is 10.0 Å². The highest BCUT2D eigenvalue weighted by Crippen LogP contribution is 2.20. The molecule has 0 saturated heterocycles. The number of para-hydroxylation sites is 1. The summed E-state index contributed by atoms with van der Waals surface area (Å²) in [6.07, 6.45) is 2.14. The van der Waals surface area contributed by atoms with Gasteiger partial charge in [-0.2, -0.15) is 0 Å². The maximum absolute atomic E-state index is 12.5. The van der Waals surface area contributed by atoms with E-state index in [4.69, 9.17) is 8.83 Å². The zero-order valence-electron chi connectivity index (χ0n) is 16.0. The van der Waals surface area contributed by atoms with Gasteiger partial charge in [-0.05, 0) is 42.5 Å². The van der Waals surface area contributed by atoms with Gasteiger partial charge in [0.25, 0.3) is 0 Å². The molecule has 2 N–H and O–H groups in total. The second kappa shape index (κ2) is 8.56. The highest BCUT2D eigenvalue weighted by molar-refractivity contribution is 7.89. The first-order chi connectivity index (χ1) is 14.5. The van der Waals surface area contributed by atoms with Crippen molar-refractivity contribution in [3.05, 3.63) is 84.5 Å². The third-order valence-corrected chi connectivity index (χ3v) is 5.92. The van der Waals surface area contributed by atoms with E-state index in [1.54, 1.807) is 24.3 Å². The van der Waals surface area contributed by atoms with E-state index < -0.39 is 10.0 Å². The van der Waals surface area contributed by atoms with Crippen molar-refractivity contribution in [2.24, 2.45) is 0 Å². The molecule has 0 aliphatic heterocycles. The molecular formula is C22H20N2O5S. The van der Waals surface area contributed by atoms with Crippen LogP contribution in [-0.2, 0) is 27.8 Å². The summed E-state index contributed by atoms with van der Waals surface area (Å²) in [6, 6.07) is 19.1. The number of nitrogens with one attached hydrogen (secondary N) is 2. The smallest absolute Gasteiger partial charge is 0.241 e. The number of rotatable bonds is 8. The molecule has 0 saturated carbocycles. The summed E-state index contributed by atoms with van der Waals surface area (Å²) in [7, 11) is -3.74.